The molecule has 2 heterocycles. The number of halogens is 1. The summed E-state index contributed by atoms with van der Waals surface area (Å²) in [7, 11) is 0. The van der Waals surface area contributed by atoms with Gasteiger partial charge in [-0.25, -0.2) is 13.9 Å². The second kappa shape index (κ2) is 7.90. The summed E-state index contributed by atoms with van der Waals surface area (Å²) in [4.78, 5) is 14.1. The normalized spacial score (nSPS) is 13.8. The highest BCUT2D eigenvalue weighted by Crippen LogP contribution is 2.22. The second-order valence-corrected chi connectivity index (χ2v) is 7.22. The number of nitrogens with zero attached hydrogens (tertiary/aromatic N) is 4. The third kappa shape index (κ3) is 4.37. The summed E-state index contributed by atoms with van der Waals surface area (Å²) in [6.07, 6.45) is 1.81. The van der Waals surface area contributed by atoms with Crippen LogP contribution in [0.3, 0.4) is 0 Å². The van der Waals surface area contributed by atoms with Crippen molar-refractivity contribution in [1.82, 2.24) is 19.9 Å². The lowest BCUT2D eigenvalue weighted by atomic mass is 10.1. The highest BCUT2D eigenvalue weighted by molar-refractivity contribution is 5.90. The Hall–Kier alpha value is -3.42. The number of likely N-dealkylation sites (tertiary alicyclic amines) is 1. The monoisotopic (exact) mass is 395 g/mol. The zero-order chi connectivity index (χ0) is 20.4. The number of ether oxygens (including phenoxy) is 1. The van der Waals surface area contributed by atoms with Crippen molar-refractivity contribution in [3.8, 4) is 5.75 Å². The van der Waals surface area contributed by atoms with Gasteiger partial charge in [-0.1, -0.05) is 11.3 Å². The van der Waals surface area contributed by atoms with E-state index in [0.717, 1.165) is 11.3 Å². The first-order valence-electron chi connectivity index (χ1n) is 9.40. The van der Waals surface area contributed by atoms with Crippen LogP contribution in [0.5, 0.6) is 5.75 Å². The zero-order valence-electron chi connectivity index (χ0n) is 16.3. The molecule has 4 rings (SSSR count). The van der Waals surface area contributed by atoms with Crippen LogP contribution in [0, 0.1) is 19.7 Å². The molecule has 29 heavy (non-hydrogen) atoms. The number of rotatable bonds is 5. The van der Waals surface area contributed by atoms with Crippen molar-refractivity contribution in [1.29, 1.82) is 0 Å². The molecule has 3 aromatic rings. The molecule has 1 saturated heterocycles. The van der Waals surface area contributed by atoms with Gasteiger partial charge >= 0.3 is 6.03 Å². The van der Waals surface area contributed by atoms with Crippen LogP contribution < -0.4 is 10.1 Å². The van der Waals surface area contributed by atoms with E-state index in [1.54, 1.807) is 21.7 Å². The Bertz CT molecular complexity index is 1010. The summed E-state index contributed by atoms with van der Waals surface area (Å²) in [5.41, 5.74) is 3.80. The molecule has 0 bridgehead atoms. The number of amides is 2. The van der Waals surface area contributed by atoms with Crippen molar-refractivity contribution >= 4 is 11.7 Å². The number of benzene rings is 2. The van der Waals surface area contributed by atoms with Crippen LogP contribution in [0.25, 0.3) is 0 Å². The van der Waals surface area contributed by atoms with Gasteiger partial charge in [-0.05, 0) is 61.4 Å². The number of urea groups is 1. The van der Waals surface area contributed by atoms with E-state index in [0.29, 0.717) is 24.5 Å². The quantitative estimate of drug-likeness (QED) is 0.715. The van der Waals surface area contributed by atoms with Crippen molar-refractivity contribution in [2.24, 2.45) is 0 Å². The van der Waals surface area contributed by atoms with E-state index in [1.807, 2.05) is 38.2 Å². The zero-order valence-corrected chi connectivity index (χ0v) is 16.3. The predicted molar refractivity (Wildman–Crippen MR) is 106 cm³/mol. The van der Waals surface area contributed by atoms with Gasteiger partial charge < -0.3 is 15.0 Å². The van der Waals surface area contributed by atoms with Crippen LogP contribution in [0.15, 0.2) is 48.7 Å². The summed E-state index contributed by atoms with van der Waals surface area (Å²) in [6.45, 7) is 5.44. The maximum Gasteiger partial charge on any atom is 0.321 e. The fraction of sp³-hybridized carbons (Fsp3) is 0.286. The standard InChI is InChI=1S/C21H22FN5O2/c1-14-3-6-17(9-15(14)2)23-21(28)26-11-19(12-26)27-10-18(24-25-27)13-29-20-7-4-16(22)5-8-20/h3-10,19H,11-13H2,1-2H3,(H,23,28). The van der Waals surface area contributed by atoms with Crippen molar-refractivity contribution in [3.63, 3.8) is 0 Å². The molecule has 1 aromatic heterocycles. The molecule has 1 fully saturated rings. The van der Waals surface area contributed by atoms with E-state index in [2.05, 4.69) is 15.6 Å². The van der Waals surface area contributed by atoms with Crippen LogP contribution in [0.4, 0.5) is 14.9 Å². The number of carbonyl (C=O) groups is 1. The lowest BCUT2D eigenvalue weighted by Gasteiger charge is -2.38. The highest BCUT2D eigenvalue weighted by atomic mass is 19.1. The van der Waals surface area contributed by atoms with Gasteiger partial charge in [0.05, 0.1) is 12.2 Å². The van der Waals surface area contributed by atoms with E-state index >= 15 is 0 Å². The summed E-state index contributed by atoms with van der Waals surface area (Å²) < 4.78 is 20.2. The Morgan fingerprint density at radius 3 is 2.66 bits per heavy atom. The van der Waals surface area contributed by atoms with Gasteiger partial charge in [0, 0.05) is 18.8 Å². The van der Waals surface area contributed by atoms with Gasteiger partial charge in [-0.3, -0.25) is 0 Å². The minimum Gasteiger partial charge on any atom is -0.487 e. The van der Waals surface area contributed by atoms with Crippen molar-refractivity contribution in [2.45, 2.75) is 26.5 Å². The average molecular weight is 395 g/mol. The van der Waals surface area contributed by atoms with E-state index in [-0.39, 0.29) is 24.5 Å². The fourth-order valence-corrected chi connectivity index (χ4v) is 3.06. The van der Waals surface area contributed by atoms with Gasteiger partial charge in [-0.2, -0.15) is 0 Å². The first kappa shape index (κ1) is 18.9. The molecule has 7 nitrogen and oxygen atoms in total. The molecule has 0 unspecified atom stereocenters. The van der Waals surface area contributed by atoms with Crippen molar-refractivity contribution in [3.05, 3.63) is 71.3 Å². The second-order valence-electron chi connectivity index (χ2n) is 7.22. The lowest BCUT2D eigenvalue weighted by molar-refractivity contribution is 0.127. The number of aryl methyl sites for hydroxylation is 2. The van der Waals surface area contributed by atoms with E-state index in [4.69, 9.17) is 4.74 Å². The first-order chi connectivity index (χ1) is 14.0. The Morgan fingerprint density at radius 1 is 1.17 bits per heavy atom. The Kier molecular flexibility index (Phi) is 5.16. The SMILES string of the molecule is Cc1ccc(NC(=O)N2CC(n3cc(COc4ccc(F)cc4)nn3)C2)cc1C. The van der Waals surface area contributed by atoms with Crippen LogP contribution in [0.1, 0.15) is 22.9 Å². The molecular weight excluding hydrogens is 373 g/mol. The molecule has 1 N–H and O–H groups in total. The first-order valence-corrected chi connectivity index (χ1v) is 9.40. The maximum absolute atomic E-state index is 12.9. The van der Waals surface area contributed by atoms with Gasteiger partial charge in [0.1, 0.15) is 23.9 Å². The van der Waals surface area contributed by atoms with Gasteiger partial charge in [0.25, 0.3) is 0 Å². The largest absolute Gasteiger partial charge is 0.487 e. The minimum absolute atomic E-state index is 0.0903. The van der Waals surface area contributed by atoms with E-state index in [9.17, 15) is 9.18 Å². The molecule has 0 spiro atoms. The van der Waals surface area contributed by atoms with Crippen LogP contribution in [-0.2, 0) is 6.61 Å². The predicted octanol–water partition coefficient (Wildman–Crippen LogP) is 3.70. The molecule has 0 radical (unpaired) electrons. The summed E-state index contributed by atoms with van der Waals surface area (Å²) in [5.74, 6) is 0.262. The summed E-state index contributed by atoms with van der Waals surface area (Å²) in [6, 6.07) is 11.7. The Labute approximate surface area is 168 Å². The lowest BCUT2D eigenvalue weighted by Crippen LogP contribution is -2.52. The van der Waals surface area contributed by atoms with Gasteiger partial charge in [0.15, 0.2) is 0 Å². The van der Waals surface area contributed by atoms with Gasteiger partial charge in [0.2, 0.25) is 0 Å². The molecular formula is C21H22FN5O2. The molecule has 0 saturated carbocycles. The number of hydrogen-bond acceptors (Lipinski definition) is 4. The van der Waals surface area contributed by atoms with Crippen molar-refractivity contribution in [2.75, 3.05) is 18.4 Å². The molecule has 150 valence electrons. The number of anilines is 1. The smallest absolute Gasteiger partial charge is 0.321 e. The summed E-state index contributed by atoms with van der Waals surface area (Å²) >= 11 is 0. The molecule has 2 aromatic carbocycles. The Balaban J connectivity index is 1.27. The van der Waals surface area contributed by atoms with Crippen LogP contribution in [-0.4, -0.2) is 39.0 Å². The number of hydrogen-bond donors (Lipinski definition) is 1. The maximum atomic E-state index is 12.9. The molecule has 2 amide bonds. The summed E-state index contributed by atoms with van der Waals surface area (Å²) in [5, 5.41) is 11.2. The van der Waals surface area contributed by atoms with E-state index < -0.39 is 0 Å². The van der Waals surface area contributed by atoms with Crippen molar-refractivity contribution < 1.29 is 13.9 Å². The Morgan fingerprint density at radius 2 is 1.93 bits per heavy atom. The highest BCUT2D eigenvalue weighted by Gasteiger charge is 2.33. The third-order valence-corrected chi connectivity index (χ3v) is 5.04. The van der Waals surface area contributed by atoms with Crippen LogP contribution in [0.2, 0.25) is 0 Å². The minimum atomic E-state index is -0.306. The third-order valence-electron chi connectivity index (χ3n) is 5.04. The molecule has 0 aliphatic carbocycles. The number of nitrogens with one attached hydrogen (secondary N) is 1. The molecule has 0 atom stereocenters. The van der Waals surface area contributed by atoms with Crippen LogP contribution >= 0.6 is 0 Å². The number of carbonyl (C=O) groups excluding carboxylic acids is 1. The molecule has 8 heteroatoms. The fourth-order valence-electron chi connectivity index (χ4n) is 3.06. The number of aromatic nitrogens is 3. The molecule has 1 aliphatic heterocycles. The van der Waals surface area contributed by atoms with E-state index in [1.165, 1.54) is 17.7 Å². The topological polar surface area (TPSA) is 72.3 Å². The average Bonchev–Trinajstić information content (AvgIpc) is 3.11. The van der Waals surface area contributed by atoms with Gasteiger partial charge in [-0.15, -0.1) is 5.10 Å². The molecule has 1 aliphatic rings.